The van der Waals surface area contributed by atoms with Crippen molar-refractivity contribution in [1.82, 2.24) is 20.2 Å². The van der Waals surface area contributed by atoms with Gasteiger partial charge in [-0.05, 0) is 64.8 Å². The summed E-state index contributed by atoms with van der Waals surface area (Å²) in [6.07, 6.45) is -8.21. The van der Waals surface area contributed by atoms with Crippen LogP contribution >= 0.6 is 0 Å². The molecule has 5 nitrogen and oxygen atoms in total. The molecule has 1 fully saturated rings. The summed E-state index contributed by atoms with van der Waals surface area (Å²) in [5.74, 6) is -0.232. The second kappa shape index (κ2) is 8.57. The van der Waals surface area contributed by atoms with Gasteiger partial charge in [0.25, 0.3) is 0 Å². The molecule has 0 unspecified atom stereocenters. The fourth-order valence-corrected chi connectivity index (χ4v) is 3.93. The molecular formula is C21H26F6N4O. The van der Waals surface area contributed by atoms with Crippen molar-refractivity contribution >= 4 is 16.9 Å². The number of halogens is 6. The standard InChI is InChI=1S/C21H26F6N4O/c1-19(2,3)30-17(32)11-31-15-10-13(20(22,23)24)9-14(21(25,26)27)18(15)29-16(31)8-12-4-6-28-7-5-12/h9-10,12,28H,4-8,11H2,1-3H3,(H,30,32). The number of hydrogen-bond acceptors (Lipinski definition) is 3. The van der Waals surface area contributed by atoms with Crippen LogP contribution < -0.4 is 10.6 Å². The van der Waals surface area contributed by atoms with Gasteiger partial charge in [0.05, 0.1) is 16.6 Å². The van der Waals surface area contributed by atoms with Gasteiger partial charge in [0.2, 0.25) is 5.91 Å². The lowest BCUT2D eigenvalue weighted by molar-refractivity contribution is -0.142. The topological polar surface area (TPSA) is 59.0 Å². The minimum absolute atomic E-state index is 0.0865. The highest BCUT2D eigenvalue weighted by atomic mass is 19.4. The van der Waals surface area contributed by atoms with Crippen molar-refractivity contribution in [2.24, 2.45) is 5.92 Å². The second-order valence-electron chi connectivity index (χ2n) is 9.20. The van der Waals surface area contributed by atoms with E-state index in [0.29, 0.717) is 6.07 Å². The molecule has 0 radical (unpaired) electrons. The van der Waals surface area contributed by atoms with Crippen LogP contribution in [0.2, 0.25) is 0 Å². The van der Waals surface area contributed by atoms with Crippen molar-refractivity contribution in [3.05, 3.63) is 29.1 Å². The largest absolute Gasteiger partial charge is 0.418 e. The van der Waals surface area contributed by atoms with E-state index in [1.807, 2.05) is 0 Å². The number of nitrogens with one attached hydrogen (secondary N) is 2. The van der Waals surface area contributed by atoms with Gasteiger partial charge in [0.1, 0.15) is 17.9 Å². The van der Waals surface area contributed by atoms with E-state index in [4.69, 9.17) is 0 Å². The first kappa shape index (κ1) is 24.3. The van der Waals surface area contributed by atoms with Crippen molar-refractivity contribution in [3.8, 4) is 0 Å². The van der Waals surface area contributed by atoms with Crippen LogP contribution in [0.4, 0.5) is 26.3 Å². The van der Waals surface area contributed by atoms with Gasteiger partial charge in [-0.2, -0.15) is 26.3 Å². The summed E-state index contributed by atoms with van der Waals surface area (Å²) in [6.45, 7) is 6.25. The lowest BCUT2D eigenvalue weighted by Crippen LogP contribution is -2.42. The monoisotopic (exact) mass is 464 g/mol. The molecule has 1 aliphatic rings. The summed E-state index contributed by atoms with van der Waals surface area (Å²) >= 11 is 0. The summed E-state index contributed by atoms with van der Waals surface area (Å²) in [6, 6.07) is 0.733. The second-order valence-corrected chi connectivity index (χ2v) is 9.20. The molecule has 2 aromatic rings. The molecule has 1 amide bonds. The highest BCUT2D eigenvalue weighted by Gasteiger charge is 2.40. The van der Waals surface area contributed by atoms with Crippen LogP contribution in [0.1, 0.15) is 50.6 Å². The molecule has 0 atom stereocenters. The number of aromatic nitrogens is 2. The Labute approximate surface area is 181 Å². The highest BCUT2D eigenvalue weighted by molar-refractivity contribution is 5.84. The van der Waals surface area contributed by atoms with Gasteiger partial charge in [0, 0.05) is 12.0 Å². The van der Waals surface area contributed by atoms with E-state index in [2.05, 4.69) is 15.6 Å². The summed E-state index contributed by atoms with van der Waals surface area (Å²) in [5, 5.41) is 5.89. The molecule has 0 bridgehead atoms. The van der Waals surface area contributed by atoms with Crippen LogP contribution in [-0.2, 0) is 30.1 Å². The number of nitrogens with zero attached hydrogens (tertiary/aromatic N) is 2. The van der Waals surface area contributed by atoms with Crippen molar-refractivity contribution in [2.45, 2.75) is 64.5 Å². The maximum Gasteiger partial charge on any atom is 0.418 e. The zero-order valence-electron chi connectivity index (χ0n) is 18.0. The SMILES string of the molecule is CC(C)(C)NC(=O)Cn1c(CC2CCNCC2)nc2c(C(F)(F)F)cc(C(F)(F)F)cc21. The number of rotatable bonds is 4. The van der Waals surface area contributed by atoms with Gasteiger partial charge in [-0.25, -0.2) is 4.98 Å². The van der Waals surface area contributed by atoms with Crippen molar-refractivity contribution in [1.29, 1.82) is 0 Å². The summed E-state index contributed by atoms with van der Waals surface area (Å²) in [7, 11) is 0. The van der Waals surface area contributed by atoms with E-state index >= 15 is 0 Å². The summed E-state index contributed by atoms with van der Waals surface area (Å²) in [4.78, 5) is 16.7. The Kier molecular flexibility index (Phi) is 6.52. The third-order valence-corrected chi connectivity index (χ3v) is 5.31. The molecule has 178 valence electrons. The van der Waals surface area contributed by atoms with Crippen LogP contribution in [0.5, 0.6) is 0 Å². The summed E-state index contributed by atoms with van der Waals surface area (Å²) < 4.78 is 82.4. The maximum absolute atomic E-state index is 13.7. The molecule has 3 rings (SSSR count). The molecule has 1 aromatic heterocycles. The minimum atomic E-state index is -5.03. The molecule has 11 heteroatoms. The van der Waals surface area contributed by atoms with E-state index in [-0.39, 0.29) is 29.7 Å². The molecule has 1 aromatic carbocycles. The predicted octanol–water partition coefficient (Wildman–Crippen LogP) is 4.53. The predicted molar refractivity (Wildman–Crippen MR) is 107 cm³/mol. The maximum atomic E-state index is 13.7. The van der Waals surface area contributed by atoms with E-state index in [9.17, 15) is 31.1 Å². The fraction of sp³-hybridized carbons (Fsp3) is 0.619. The molecule has 1 saturated heterocycles. The number of imidazole rings is 1. The molecule has 0 spiro atoms. The zero-order chi connectivity index (χ0) is 23.9. The molecule has 32 heavy (non-hydrogen) atoms. The molecular weight excluding hydrogens is 438 g/mol. The summed E-state index contributed by atoms with van der Waals surface area (Å²) in [5.41, 5.74) is -4.41. The van der Waals surface area contributed by atoms with Gasteiger partial charge >= 0.3 is 12.4 Å². The number of amides is 1. The number of benzene rings is 1. The van der Waals surface area contributed by atoms with Crippen molar-refractivity contribution < 1.29 is 31.1 Å². The van der Waals surface area contributed by atoms with Crippen LogP contribution in [0, 0.1) is 5.92 Å². The first-order valence-electron chi connectivity index (χ1n) is 10.3. The van der Waals surface area contributed by atoms with E-state index in [0.717, 1.165) is 25.9 Å². The molecule has 2 heterocycles. The lowest BCUT2D eigenvalue weighted by Gasteiger charge is -2.23. The van der Waals surface area contributed by atoms with Crippen molar-refractivity contribution in [2.75, 3.05) is 13.1 Å². The number of hydrogen-bond donors (Lipinski definition) is 2. The Morgan fingerprint density at radius 1 is 1.09 bits per heavy atom. The molecule has 2 N–H and O–H groups in total. The first-order chi connectivity index (χ1) is 14.6. The number of fused-ring (bicyclic) bond motifs is 1. The lowest BCUT2D eigenvalue weighted by atomic mass is 9.94. The van der Waals surface area contributed by atoms with E-state index in [1.54, 1.807) is 20.8 Å². The Morgan fingerprint density at radius 3 is 2.25 bits per heavy atom. The zero-order valence-corrected chi connectivity index (χ0v) is 18.0. The molecule has 0 aliphatic carbocycles. The van der Waals surface area contributed by atoms with Crippen LogP contribution in [0.3, 0.4) is 0 Å². The van der Waals surface area contributed by atoms with Crippen LogP contribution in [0.15, 0.2) is 12.1 Å². The molecule has 1 aliphatic heterocycles. The minimum Gasteiger partial charge on any atom is -0.350 e. The van der Waals surface area contributed by atoms with E-state index < -0.39 is 47.0 Å². The highest BCUT2D eigenvalue weighted by Crippen LogP contribution is 2.40. The van der Waals surface area contributed by atoms with Crippen LogP contribution in [0.25, 0.3) is 11.0 Å². The number of carbonyl (C=O) groups excluding carboxylic acids is 1. The van der Waals surface area contributed by atoms with Crippen molar-refractivity contribution in [3.63, 3.8) is 0 Å². The smallest absolute Gasteiger partial charge is 0.350 e. The number of carbonyl (C=O) groups is 1. The molecule has 0 saturated carbocycles. The van der Waals surface area contributed by atoms with Gasteiger partial charge in [-0.15, -0.1) is 0 Å². The van der Waals surface area contributed by atoms with Gasteiger partial charge in [-0.3, -0.25) is 4.79 Å². The third-order valence-electron chi connectivity index (χ3n) is 5.31. The Balaban J connectivity index is 2.17. The number of alkyl halides is 6. The Bertz CT molecular complexity index is 981. The first-order valence-corrected chi connectivity index (χ1v) is 10.3. The van der Waals surface area contributed by atoms with E-state index in [1.165, 1.54) is 4.57 Å². The fourth-order valence-electron chi connectivity index (χ4n) is 3.93. The Morgan fingerprint density at radius 2 is 1.72 bits per heavy atom. The Hall–Kier alpha value is -2.30. The van der Waals surface area contributed by atoms with Crippen LogP contribution in [-0.4, -0.2) is 34.1 Å². The third kappa shape index (κ3) is 5.73. The van der Waals surface area contributed by atoms with Gasteiger partial charge < -0.3 is 15.2 Å². The van der Waals surface area contributed by atoms with Gasteiger partial charge in [0.15, 0.2) is 0 Å². The normalized spacial score (nSPS) is 16.5. The average molecular weight is 464 g/mol. The van der Waals surface area contributed by atoms with Gasteiger partial charge in [-0.1, -0.05) is 0 Å². The average Bonchev–Trinajstić information content (AvgIpc) is 2.95. The quantitative estimate of drug-likeness (QED) is 0.654. The number of piperidine rings is 1.